The van der Waals surface area contributed by atoms with E-state index in [2.05, 4.69) is 36.5 Å². The molecule has 13 heavy (non-hydrogen) atoms. The molecule has 0 fully saturated rings. The molecule has 0 saturated carbocycles. The topological polar surface area (TPSA) is 0 Å². The number of rotatable bonds is 0. The molecule has 68 valence electrons. The summed E-state index contributed by atoms with van der Waals surface area (Å²) in [7, 11) is 0. The summed E-state index contributed by atoms with van der Waals surface area (Å²) < 4.78 is 0. The van der Waals surface area contributed by atoms with Crippen LogP contribution < -0.4 is 0 Å². The number of allylic oxidation sites excluding steroid dienone is 10. The van der Waals surface area contributed by atoms with Crippen molar-refractivity contribution in [3.63, 3.8) is 0 Å². The lowest BCUT2D eigenvalue weighted by Crippen LogP contribution is -1.67. The zero-order chi connectivity index (χ0) is 9.19. The maximum Gasteiger partial charge on any atom is -0.0345 e. The maximum absolute atomic E-state index is 2.21. The van der Waals surface area contributed by atoms with Crippen molar-refractivity contribution in [1.82, 2.24) is 0 Å². The SMILES string of the molecule is C1=CCCCC=C\C=C/C=C/C=C\1. The second-order valence-corrected chi connectivity index (χ2v) is 2.94. The monoisotopic (exact) mass is 172 g/mol. The molecule has 0 radical (unpaired) electrons. The van der Waals surface area contributed by atoms with Gasteiger partial charge in [-0.1, -0.05) is 60.8 Å². The van der Waals surface area contributed by atoms with Gasteiger partial charge >= 0.3 is 0 Å². The summed E-state index contributed by atoms with van der Waals surface area (Å²) in [5.74, 6) is 0. The van der Waals surface area contributed by atoms with Crippen LogP contribution in [0.15, 0.2) is 60.8 Å². The van der Waals surface area contributed by atoms with E-state index in [0.717, 1.165) is 0 Å². The Morgan fingerprint density at radius 1 is 0.462 bits per heavy atom. The largest absolute Gasteiger partial charge is 0.0845 e. The zero-order valence-corrected chi connectivity index (χ0v) is 7.89. The molecule has 0 nitrogen and oxygen atoms in total. The molecule has 1 aliphatic carbocycles. The molecule has 0 bridgehead atoms. The van der Waals surface area contributed by atoms with Crippen molar-refractivity contribution in [3.8, 4) is 0 Å². The fourth-order valence-corrected chi connectivity index (χ4v) is 1.09. The van der Waals surface area contributed by atoms with Gasteiger partial charge in [0.1, 0.15) is 0 Å². The molecule has 0 atom stereocenters. The predicted molar refractivity (Wildman–Crippen MR) is 59.6 cm³/mol. The minimum absolute atomic E-state index is 1.17. The third-order valence-corrected chi connectivity index (χ3v) is 1.79. The van der Waals surface area contributed by atoms with E-state index in [1.807, 2.05) is 24.3 Å². The predicted octanol–water partition coefficient (Wildman–Crippen LogP) is 3.95. The van der Waals surface area contributed by atoms with Crippen molar-refractivity contribution in [2.45, 2.75) is 19.3 Å². The normalized spacial score (nSPS) is 25.2. The van der Waals surface area contributed by atoms with E-state index in [0.29, 0.717) is 0 Å². The third-order valence-electron chi connectivity index (χ3n) is 1.79. The van der Waals surface area contributed by atoms with Crippen molar-refractivity contribution in [2.24, 2.45) is 0 Å². The molecule has 0 spiro atoms. The Kier molecular flexibility index (Phi) is 5.54. The number of hydrogen-bond acceptors (Lipinski definition) is 0. The van der Waals surface area contributed by atoms with Crippen LogP contribution >= 0.6 is 0 Å². The van der Waals surface area contributed by atoms with Crippen LogP contribution in [-0.2, 0) is 0 Å². The van der Waals surface area contributed by atoms with Crippen molar-refractivity contribution < 1.29 is 0 Å². The highest BCUT2D eigenvalue weighted by molar-refractivity contribution is 5.18. The molecule has 0 unspecified atom stereocenters. The average molecular weight is 172 g/mol. The van der Waals surface area contributed by atoms with Crippen LogP contribution in [0.3, 0.4) is 0 Å². The molecule has 0 saturated heterocycles. The second kappa shape index (κ2) is 7.35. The lowest BCUT2D eigenvalue weighted by atomic mass is 10.2. The van der Waals surface area contributed by atoms with Crippen LogP contribution in [0.5, 0.6) is 0 Å². The van der Waals surface area contributed by atoms with Crippen molar-refractivity contribution in [3.05, 3.63) is 60.8 Å². The molecule has 0 amide bonds. The minimum atomic E-state index is 1.17. The Hall–Kier alpha value is -1.30. The fourth-order valence-electron chi connectivity index (χ4n) is 1.09. The second-order valence-electron chi connectivity index (χ2n) is 2.94. The van der Waals surface area contributed by atoms with E-state index < -0.39 is 0 Å². The van der Waals surface area contributed by atoms with Gasteiger partial charge in [0.05, 0.1) is 0 Å². The van der Waals surface area contributed by atoms with Crippen LogP contribution in [0, 0.1) is 0 Å². The van der Waals surface area contributed by atoms with E-state index in [-0.39, 0.29) is 0 Å². The molecular weight excluding hydrogens is 156 g/mol. The fraction of sp³-hybridized carbons (Fsp3) is 0.231. The Bertz CT molecular complexity index is 223. The smallest absolute Gasteiger partial charge is 0.0345 e. The van der Waals surface area contributed by atoms with Crippen LogP contribution in [0.25, 0.3) is 0 Å². The van der Waals surface area contributed by atoms with Crippen LogP contribution in [0.2, 0.25) is 0 Å². The van der Waals surface area contributed by atoms with Gasteiger partial charge in [0.2, 0.25) is 0 Å². The summed E-state index contributed by atoms with van der Waals surface area (Å²) in [5, 5.41) is 0. The molecule has 0 aliphatic heterocycles. The molecule has 0 aromatic heterocycles. The zero-order valence-electron chi connectivity index (χ0n) is 7.89. The van der Waals surface area contributed by atoms with E-state index >= 15 is 0 Å². The highest BCUT2D eigenvalue weighted by Gasteiger charge is 1.78. The molecule has 0 heterocycles. The standard InChI is InChI=1S/C13H16/c1-2-4-6-8-10-12-13-11-9-7-5-3-1/h1-10H,11-13H2/b2-1+,5-3-,6-4-,9-7?,10-8?. The van der Waals surface area contributed by atoms with Gasteiger partial charge in [-0.05, 0) is 19.3 Å². The summed E-state index contributed by atoms with van der Waals surface area (Å²) in [4.78, 5) is 0. The van der Waals surface area contributed by atoms with Crippen LogP contribution in [0.4, 0.5) is 0 Å². The summed E-state index contributed by atoms with van der Waals surface area (Å²) in [6.45, 7) is 0. The quantitative estimate of drug-likeness (QED) is 0.519. The van der Waals surface area contributed by atoms with Gasteiger partial charge in [-0.3, -0.25) is 0 Å². The van der Waals surface area contributed by atoms with Gasteiger partial charge in [-0.2, -0.15) is 0 Å². The van der Waals surface area contributed by atoms with Gasteiger partial charge in [0.25, 0.3) is 0 Å². The van der Waals surface area contributed by atoms with Gasteiger partial charge in [0.15, 0.2) is 0 Å². The molecule has 0 heteroatoms. The lowest BCUT2D eigenvalue weighted by Gasteiger charge is -1.87. The molecule has 0 aromatic carbocycles. The summed E-state index contributed by atoms with van der Waals surface area (Å²) in [5.41, 5.74) is 0. The highest BCUT2D eigenvalue weighted by atomic mass is 13.8. The van der Waals surface area contributed by atoms with Gasteiger partial charge < -0.3 is 0 Å². The lowest BCUT2D eigenvalue weighted by molar-refractivity contribution is 0.868. The molecule has 0 N–H and O–H groups in total. The van der Waals surface area contributed by atoms with E-state index in [1.165, 1.54) is 19.3 Å². The Balaban J connectivity index is 2.51. The molecule has 1 aliphatic rings. The molecular formula is C13H16. The number of hydrogen-bond donors (Lipinski definition) is 0. The summed E-state index contributed by atoms with van der Waals surface area (Å²) in [6, 6.07) is 0. The first-order valence-electron chi connectivity index (χ1n) is 4.82. The summed E-state index contributed by atoms with van der Waals surface area (Å²) >= 11 is 0. The van der Waals surface area contributed by atoms with Crippen LogP contribution in [0.1, 0.15) is 19.3 Å². The highest BCUT2D eigenvalue weighted by Crippen LogP contribution is 1.99. The van der Waals surface area contributed by atoms with E-state index in [9.17, 15) is 0 Å². The van der Waals surface area contributed by atoms with Crippen molar-refractivity contribution in [2.75, 3.05) is 0 Å². The maximum atomic E-state index is 2.21. The Morgan fingerprint density at radius 3 is 1.31 bits per heavy atom. The van der Waals surface area contributed by atoms with Gasteiger partial charge in [-0.25, -0.2) is 0 Å². The first-order valence-corrected chi connectivity index (χ1v) is 4.82. The molecule has 0 aromatic rings. The Labute approximate surface area is 80.7 Å². The van der Waals surface area contributed by atoms with Gasteiger partial charge in [0, 0.05) is 0 Å². The van der Waals surface area contributed by atoms with Gasteiger partial charge in [-0.15, -0.1) is 0 Å². The molecule has 1 rings (SSSR count). The van der Waals surface area contributed by atoms with E-state index in [4.69, 9.17) is 0 Å². The summed E-state index contributed by atoms with van der Waals surface area (Å²) in [6.07, 6.45) is 24.5. The average Bonchev–Trinajstić information content (AvgIpc) is 2.18. The van der Waals surface area contributed by atoms with Crippen LogP contribution in [-0.4, -0.2) is 0 Å². The van der Waals surface area contributed by atoms with Crippen molar-refractivity contribution in [1.29, 1.82) is 0 Å². The van der Waals surface area contributed by atoms with E-state index in [1.54, 1.807) is 0 Å². The Morgan fingerprint density at radius 2 is 0.846 bits per heavy atom. The van der Waals surface area contributed by atoms with Crippen molar-refractivity contribution >= 4 is 0 Å². The third kappa shape index (κ3) is 5.92. The first-order chi connectivity index (χ1) is 6.50. The first kappa shape index (κ1) is 9.79. The minimum Gasteiger partial charge on any atom is -0.0845 e.